The van der Waals surface area contributed by atoms with Crippen LogP contribution in [-0.2, 0) is 0 Å². The predicted molar refractivity (Wildman–Crippen MR) is 79.9 cm³/mol. The third kappa shape index (κ3) is 2.58. The van der Waals surface area contributed by atoms with Crippen LogP contribution in [0.5, 0.6) is 5.75 Å². The van der Waals surface area contributed by atoms with Gasteiger partial charge in [0.2, 0.25) is 5.78 Å². The van der Waals surface area contributed by atoms with Crippen LogP contribution in [0.3, 0.4) is 0 Å². The van der Waals surface area contributed by atoms with Crippen LogP contribution < -0.4 is 4.74 Å². The molecule has 106 valence electrons. The maximum absolute atomic E-state index is 12.8. The minimum atomic E-state index is -0.0574. The van der Waals surface area contributed by atoms with Crippen molar-refractivity contribution in [2.24, 2.45) is 0 Å². The molecule has 5 heteroatoms. The number of hydrogen-bond donors (Lipinski definition) is 0. The van der Waals surface area contributed by atoms with Crippen LogP contribution in [0.2, 0.25) is 0 Å². The molecule has 0 amide bonds. The number of aromatic nitrogens is 2. The Morgan fingerprint density at radius 2 is 2.00 bits per heavy atom. The van der Waals surface area contributed by atoms with Gasteiger partial charge in [-0.25, -0.2) is 0 Å². The minimum absolute atomic E-state index is 0.0574. The maximum atomic E-state index is 12.8. The van der Waals surface area contributed by atoms with Crippen LogP contribution in [0.25, 0.3) is 0 Å². The van der Waals surface area contributed by atoms with Crippen LogP contribution >= 0.6 is 11.5 Å². The molecule has 1 heterocycles. The van der Waals surface area contributed by atoms with Crippen LogP contribution in [0, 0.1) is 13.8 Å². The molecule has 0 unspecified atom stereocenters. The monoisotopic (exact) mass is 290 g/mol. The Morgan fingerprint density at radius 3 is 2.60 bits per heavy atom. The van der Waals surface area contributed by atoms with Gasteiger partial charge in [-0.3, -0.25) is 4.79 Å². The molecule has 20 heavy (non-hydrogen) atoms. The van der Waals surface area contributed by atoms with Crippen molar-refractivity contribution >= 4 is 17.3 Å². The molecule has 0 radical (unpaired) electrons. The second kappa shape index (κ2) is 5.71. The zero-order chi connectivity index (χ0) is 14.9. The number of ether oxygens (including phenoxy) is 1. The van der Waals surface area contributed by atoms with Gasteiger partial charge < -0.3 is 4.74 Å². The molecule has 0 saturated carbocycles. The number of benzene rings is 1. The molecule has 2 rings (SSSR count). The standard InChI is InChI=1S/C15H18N2O2S/c1-8(2)13-15(20-17-16-13)14(18)12-10(4)6-9(3)7-11(12)19-5/h6-8H,1-5H3. The molecule has 0 aliphatic carbocycles. The number of rotatable bonds is 4. The highest BCUT2D eigenvalue weighted by molar-refractivity contribution is 7.08. The van der Waals surface area contributed by atoms with Crippen molar-refractivity contribution in [3.63, 3.8) is 0 Å². The van der Waals surface area contributed by atoms with Gasteiger partial charge in [-0.05, 0) is 48.5 Å². The van der Waals surface area contributed by atoms with Gasteiger partial charge in [0.25, 0.3) is 0 Å². The van der Waals surface area contributed by atoms with E-state index in [4.69, 9.17) is 4.74 Å². The lowest BCUT2D eigenvalue weighted by Crippen LogP contribution is -2.08. The van der Waals surface area contributed by atoms with E-state index in [9.17, 15) is 4.79 Å². The van der Waals surface area contributed by atoms with Gasteiger partial charge in [0, 0.05) is 0 Å². The summed E-state index contributed by atoms with van der Waals surface area (Å²) in [6.07, 6.45) is 0. The lowest BCUT2D eigenvalue weighted by molar-refractivity contribution is 0.103. The minimum Gasteiger partial charge on any atom is -0.496 e. The van der Waals surface area contributed by atoms with Crippen molar-refractivity contribution < 1.29 is 9.53 Å². The highest BCUT2D eigenvalue weighted by Gasteiger charge is 2.24. The molecule has 0 atom stereocenters. The van der Waals surface area contributed by atoms with E-state index in [-0.39, 0.29) is 11.7 Å². The van der Waals surface area contributed by atoms with Crippen molar-refractivity contribution in [2.75, 3.05) is 7.11 Å². The Labute approximate surface area is 123 Å². The molecule has 0 fully saturated rings. The molecule has 1 aromatic carbocycles. The summed E-state index contributed by atoms with van der Waals surface area (Å²) in [7, 11) is 1.58. The molecule has 4 nitrogen and oxygen atoms in total. The highest BCUT2D eigenvalue weighted by Crippen LogP contribution is 2.30. The Bertz CT molecular complexity index is 647. The normalized spacial score (nSPS) is 10.9. The molecule has 0 bridgehead atoms. The molecular weight excluding hydrogens is 272 g/mol. The number of nitrogens with zero attached hydrogens (tertiary/aromatic N) is 2. The van der Waals surface area contributed by atoms with E-state index >= 15 is 0 Å². The summed E-state index contributed by atoms with van der Waals surface area (Å²) in [5.74, 6) is 0.720. The largest absolute Gasteiger partial charge is 0.496 e. The fourth-order valence-corrected chi connectivity index (χ4v) is 2.99. The van der Waals surface area contributed by atoms with Gasteiger partial charge in [-0.1, -0.05) is 24.4 Å². The zero-order valence-corrected chi connectivity index (χ0v) is 13.2. The van der Waals surface area contributed by atoms with Gasteiger partial charge in [-0.15, -0.1) is 5.10 Å². The van der Waals surface area contributed by atoms with E-state index < -0.39 is 0 Å². The summed E-state index contributed by atoms with van der Waals surface area (Å²) < 4.78 is 9.29. The van der Waals surface area contributed by atoms with E-state index in [1.54, 1.807) is 7.11 Å². The number of carbonyl (C=O) groups is 1. The fourth-order valence-electron chi connectivity index (χ4n) is 2.23. The van der Waals surface area contributed by atoms with Gasteiger partial charge in [-0.2, -0.15) is 0 Å². The van der Waals surface area contributed by atoms with Crippen LogP contribution in [0.1, 0.15) is 51.8 Å². The third-order valence-corrected chi connectivity index (χ3v) is 3.90. The smallest absolute Gasteiger partial charge is 0.210 e. The first-order valence-electron chi connectivity index (χ1n) is 6.47. The summed E-state index contributed by atoms with van der Waals surface area (Å²) in [6.45, 7) is 7.92. The highest BCUT2D eigenvalue weighted by atomic mass is 32.1. The summed E-state index contributed by atoms with van der Waals surface area (Å²) in [6, 6.07) is 3.86. The Kier molecular flexibility index (Phi) is 4.18. The van der Waals surface area contributed by atoms with Crippen molar-refractivity contribution in [3.05, 3.63) is 39.4 Å². The molecule has 0 saturated heterocycles. The summed E-state index contributed by atoms with van der Waals surface area (Å²) in [5.41, 5.74) is 3.34. The third-order valence-electron chi connectivity index (χ3n) is 3.16. The Balaban J connectivity index is 2.56. The maximum Gasteiger partial charge on any atom is 0.210 e. The van der Waals surface area contributed by atoms with E-state index in [0.29, 0.717) is 16.2 Å². The van der Waals surface area contributed by atoms with Crippen molar-refractivity contribution in [3.8, 4) is 5.75 Å². The van der Waals surface area contributed by atoms with E-state index in [1.807, 2.05) is 39.8 Å². The van der Waals surface area contributed by atoms with Crippen LogP contribution in [0.15, 0.2) is 12.1 Å². The summed E-state index contributed by atoms with van der Waals surface area (Å²) in [4.78, 5) is 13.4. The second-order valence-corrected chi connectivity index (χ2v) is 5.88. The summed E-state index contributed by atoms with van der Waals surface area (Å²) in [5, 5.41) is 4.07. The van der Waals surface area contributed by atoms with E-state index in [0.717, 1.165) is 28.4 Å². The van der Waals surface area contributed by atoms with E-state index in [1.165, 1.54) is 0 Å². The van der Waals surface area contributed by atoms with Crippen molar-refractivity contribution in [2.45, 2.75) is 33.6 Å². The SMILES string of the molecule is COc1cc(C)cc(C)c1C(=O)c1snnc1C(C)C. The van der Waals surface area contributed by atoms with Gasteiger partial charge in [0.05, 0.1) is 18.4 Å². The number of carbonyl (C=O) groups excluding carboxylic acids is 1. The van der Waals surface area contributed by atoms with Gasteiger partial charge >= 0.3 is 0 Å². The first-order valence-corrected chi connectivity index (χ1v) is 7.25. The topological polar surface area (TPSA) is 52.1 Å². The lowest BCUT2D eigenvalue weighted by Gasteiger charge is -2.12. The average molecular weight is 290 g/mol. The Hall–Kier alpha value is -1.75. The quantitative estimate of drug-likeness (QED) is 0.808. The predicted octanol–water partition coefficient (Wildman–Crippen LogP) is 3.52. The molecule has 0 aliphatic heterocycles. The lowest BCUT2D eigenvalue weighted by atomic mass is 9.97. The molecular formula is C15H18N2O2S. The molecule has 0 N–H and O–H groups in total. The van der Waals surface area contributed by atoms with Crippen molar-refractivity contribution in [1.29, 1.82) is 0 Å². The number of hydrogen-bond acceptors (Lipinski definition) is 5. The van der Waals surface area contributed by atoms with Gasteiger partial charge in [0.15, 0.2) is 0 Å². The Morgan fingerprint density at radius 1 is 1.30 bits per heavy atom. The molecule has 1 aromatic heterocycles. The number of aryl methyl sites for hydroxylation is 2. The van der Waals surface area contributed by atoms with E-state index in [2.05, 4.69) is 9.59 Å². The second-order valence-electron chi connectivity index (χ2n) is 5.13. The first kappa shape index (κ1) is 14.7. The fraction of sp³-hybridized carbons (Fsp3) is 0.400. The van der Waals surface area contributed by atoms with Crippen LogP contribution in [-0.4, -0.2) is 22.5 Å². The van der Waals surface area contributed by atoms with Gasteiger partial charge in [0.1, 0.15) is 10.6 Å². The zero-order valence-electron chi connectivity index (χ0n) is 12.4. The summed E-state index contributed by atoms with van der Waals surface area (Å²) >= 11 is 1.15. The number of ketones is 1. The molecule has 2 aromatic rings. The number of methoxy groups -OCH3 is 1. The first-order chi connectivity index (χ1) is 9.45. The average Bonchev–Trinajstić information content (AvgIpc) is 2.86. The molecule has 0 aliphatic rings. The van der Waals surface area contributed by atoms with Crippen LogP contribution in [0.4, 0.5) is 0 Å². The van der Waals surface area contributed by atoms with Crippen molar-refractivity contribution in [1.82, 2.24) is 9.59 Å². The molecule has 0 spiro atoms.